The molecule has 1 fully saturated rings. The van der Waals surface area contributed by atoms with Gasteiger partial charge in [0.15, 0.2) is 5.82 Å². The van der Waals surface area contributed by atoms with Crippen LogP contribution in [-0.2, 0) is 20.6 Å². The van der Waals surface area contributed by atoms with E-state index in [1.165, 1.54) is 40.3 Å². The van der Waals surface area contributed by atoms with Crippen molar-refractivity contribution < 1.29 is 33.2 Å². The molecule has 5 heterocycles. The van der Waals surface area contributed by atoms with Crippen LogP contribution in [0.4, 0.5) is 5.82 Å². The average molecular weight is 595 g/mol. The number of methoxy groups -OCH3 is 1. The molecule has 2 aliphatic rings. The van der Waals surface area contributed by atoms with Crippen molar-refractivity contribution in [2.24, 2.45) is 4.99 Å². The molecule has 0 bridgehead atoms. The summed E-state index contributed by atoms with van der Waals surface area (Å²) in [6.07, 6.45) is 6.26. The van der Waals surface area contributed by atoms with E-state index in [4.69, 9.17) is 9.26 Å². The van der Waals surface area contributed by atoms with Crippen LogP contribution in [0.2, 0.25) is 0 Å². The summed E-state index contributed by atoms with van der Waals surface area (Å²) in [7, 11) is -3.52. The minimum absolute atomic E-state index is 0.0541. The van der Waals surface area contributed by atoms with Gasteiger partial charge in [0, 0.05) is 25.5 Å². The first kappa shape index (κ1) is 29.1. The summed E-state index contributed by atoms with van der Waals surface area (Å²) in [5.41, 5.74) is 5.09. The Kier molecular flexibility index (Phi) is 8.17. The Labute approximate surface area is 239 Å². The van der Waals surface area contributed by atoms with E-state index in [9.17, 15) is 29.2 Å². The van der Waals surface area contributed by atoms with E-state index in [-0.39, 0.29) is 47.3 Å². The number of hydrogen-bond donors (Lipinski definition) is 3. The molecule has 0 saturated carbocycles. The van der Waals surface area contributed by atoms with Crippen molar-refractivity contribution in [2.45, 2.75) is 32.7 Å². The van der Waals surface area contributed by atoms with E-state index in [1.807, 2.05) is 0 Å². The molecule has 5 rings (SSSR count). The number of hydrazine groups is 1. The SMILES string of the molecule is COc1cnc(N2C=NC(C)N2)c2c1c(C(=O)C(=O)N1CCC(=C(C#N)c3ccccn3)CC1)cn2COP(=O)(O)O. The zero-order valence-electron chi connectivity index (χ0n) is 22.7. The Balaban J connectivity index is 1.49. The molecule has 1 unspecified atom stereocenters. The highest BCUT2D eigenvalue weighted by atomic mass is 31.2. The molecule has 3 N–H and O–H groups in total. The fourth-order valence-corrected chi connectivity index (χ4v) is 5.18. The van der Waals surface area contributed by atoms with Crippen LogP contribution in [0, 0.1) is 11.3 Å². The normalized spacial score (nSPS) is 17.0. The number of aromatic nitrogens is 3. The monoisotopic (exact) mass is 594 g/mol. The van der Waals surface area contributed by atoms with Gasteiger partial charge in [0.25, 0.3) is 11.7 Å². The first-order valence-corrected chi connectivity index (χ1v) is 14.4. The van der Waals surface area contributed by atoms with Crippen molar-refractivity contribution in [1.29, 1.82) is 5.26 Å². The standard InChI is InChI=1S/C26H27N8O7P/c1-16-30-14-34(31-16)25-23-22(21(40-2)12-29-25)19(13-33(23)15-41-42(37,38)39)24(35)26(36)32-9-6-17(7-10-32)18(11-27)20-5-3-4-8-28-20/h3-5,8,12-14,16,31H,6-7,9-10,15H2,1-2H3,(H2,37,38,39). The van der Waals surface area contributed by atoms with Crippen molar-refractivity contribution >= 4 is 48.1 Å². The number of hydrogen-bond acceptors (Lipinski definition) is 11. The van der Waals surface area contributed by atoms with Crippen LogP contribution >= 0.6 is 7.82 Å². The van der Waals surface area contributed by atoms with Crippen molar-refractivity contribution in [3.8, 4) is 11.8 Å². The van der Waals surface area contributed by atoms with Crippen molar-refractivity contribution in [1.82, 2.24) is 24.9 Å². The van der Waals surface area contributed by atoms with Crippen LogP contribution < -0.4 is 15.2 Å². The Morgan fingerprint density at radius 2 is 2.00 bits per heavy atom. The molecule has 1 amide bonds. The topological polar surface area (TPSA) is 195 Å². The van der Waals surface area contributed by atoms with Crippen molar-refractivity contribution in [3.05, 3.63) is 53.6 Å². The Bertz CT molecular complexity index is 1680. The number of fused-ring (bicyclic) bond motifs is 1. The Hall–Kier alpha value is -4.45. The molecule has 0 spiro atoms. The van der Waals surface area contributed by atoms with E-state index in [2.05, 4.69) is 26.5 Å². The van der Waals surface area contributed by atoms with Crippen LogP contribution in [-0.4, -0.2) is 73.6 Å². The summed E-state index contributed by atoms with van der Waals surface area (Å²) in [6.45, 7) is 1.59. The number of phosphoric ester groups is 1. The van der Waals surface area contributed by atoms with Crippen LogP contribution in [0.15, 0.2) is 47.4 Å². The number of rotatable bonds is 8. The highest BCUT2D eigenvalue weighted by Crippen LogP contribution is 2.40. The van der Waals surface area contributed by atoms with Crippen molar-refractivity contribution in [3.63, 3.8) is 0 Å². The number of likely N-dealkylation sites (tertiary alicyclic amines) is 1. The second-order valence-electron chi connectivity index (χ2n) is 9.50. The smallest absolute Gasteiger partial charge is 0.471 e. The molecule has 0 aromatic carbocycles. The fraction of sp³-hybridized carbons (Fsp3) is 0.308. The molecule has 1 saturated heterocycles. The number of allylic oxidation sites excluding steroid dienone is 1. The predicted octanol–water partition coefficient (Wildman–Crippen LogP) is 1.99. The number of phosphoric acid groups is 1. The van der Waals surface area contributed by atoms with Gasteiger partial charge in [-0.25, -0.2) is 20.0 Å². The van der Waals surface area contributed by atoms with Crippen LogP contribution in [0.1, 0.15) is 35.8 Å². The van der Waals surface area contributed by atoms with Gasteiger partial charge in [0.2, 0.25) is 0 Å². The molecule has 15 nitrogen and oxygen atoms in total. The Morgan fingerprint density at radius 1 is 1.24 bits per heavy atom. The lowest BCUT2D eigenvalue weighted by Crippen LogP contribution is -2.40. The third kappa shape index (κ3) is 5.80. The number of anilines is 1. The Morgan fingerprint density at radius 3 is 2.60 bits per heavy atom. The highest BCUT2D eigenvalue weighted by molar-refractivity contribution is 7.46. The summed E-state index contributed by atoms with van der Waals surface area (Å²) in [4.78, 5) is 60.2. The van der Waals surface area contributed by atoms with Gasteiger partial charge in [-0.3, -0.25) is 24.1 Å². The lowest BCUT2D eigenvalue weighted by Gasteiger charge is -2.28. The summed E-state index contributed by atoms with van der Waals surface area (Å²) in [6, 6.07) is 7.51. The number of aliphatic imine (C=N–C) groups is 1. The first-order chi connectivity index (χ1) is 20.1. The van der Waals surface area contributed by atoms with Gasteiger partial charge in [0.05, 0.1) is 41.0 Å². The molecule has 2 aliphatic heterocycles. The quantitative estimate of drug-likeness (QED) is 0.149. The van der Waals surface area contributed by atoms with Gasteiger partial charge >= 0.3 is 7.82 Å². The van der Waals surface area contributed by atoms with Gasteiger partial charge in [-0.05, 0) is 37.5 Å². The molecule has 1 atom stereocenters. The zero-order valence-corrected chi connectivity index (χ0v) is 23.6. The number of carbonyl (C=O) groups excluding carboxylic acids is 2. The van der Waals surface area contributed by atoms with E-state index >= 15 is 0 Å². The first-order valence-electron chi connectivity index (χ1n) is 12.8. The van der Waals surface area contributed by atoms with Crippen molar-refractivity contribution in [2.75, 3.05) is 25.2 Å². The number of nitriles is 1. The van der Waals surface area contributed by atoms with Crippen LogP contribution in [0.5, 0.6) is 5.75 Å². The number of pyridine rings is 2. The lowest BCUT2D eigenvalue weighted by atomic mass is 9.95. The summed E-state index contributed by atoms with van der Waals surface area (Å²) >= 11 is 0. The molecule has 0 radical (unpaired) electrons. The third-order valence-corrected chi connectivity index (χ3v) is 7.32. The highest BCUT2D eigenvalue weighted by Gasteiger charge is 2.33. The van der Waals surface area contributed by atoms with Gasteiger partial charge in [-0.15, -0.1) is 0 Å². The maximum absolute atomic E-state index is 13.7. The molecular weight excluding hydrogens is 567 g/mol. The number of amides is 1. The summed E-state index contributed by atoms with van der Waals surface area (Å²) in [5.74, 6) is -1.21. The van der Waals surface area contributed by atoms with Crippen LogP contribution in [0.3, 0.4) is 0 Å². The summed E-state index contributed by atoms with van der Waals surface area (Å²) < 4.78 is 23.0. The van der Waals surface area contributed by atoms with E-state index in [0.29, 0.717) is 24.1 Å². The van der Waals surface area contributed by atoms with Gasteiger partial charge in [-0.1, -0.05) is 6.07 Å². The minimum atomic E-state index is -4.89. The predicted molar refractivity (Wildman–Crippen MR) is 150 cm³/mol. The molecule has 3 aromatic heterocycles. The molecular formula is C26H27N8O7P. The third-order valence-electron chi connectivity index (χ3n) is 6.86. The fourth-order valence-electron chi connectivity index (χ4n) is 4.90. The molecule has 3 aromatic rings. The molecule has 16 heteroatoms. The molecule has 218 valence electrons. The number of carbonyl (C=O) groups is 2. The maximum atomic E-state index is 13.7. The lowest BCUT2D eigenvalue weighted by molar-refractivity contribution is -0.126. The van der Waals surface area contributed by atoms with E-state index in [0.717, 1.165) is 5.57 Å². The average Bonchev–Trinajstić information content (AvgIpc) is 3.60. The number of nitrogens with one attached hydrogen (secondary N) is 1. The van der Waals surface area contributed by atoms with Gasteiger partial charge in [-0.2, -0.15) is 5.26 Å². The van der Waals surface area contributed by atoms with Gasteiger partial charge < -0.3 is 24.0 Å². The number of ether oxygens (including phenoxy) is 1. The van der Waals surface area contributed by atoms with E-state index in [1.54, 1.807) is 31.3 Å². The second-order valence-corrected chi connectivity index (χ2v) is 10.7. The second kappa shape index (κ2) is 11.8. The number of nitrogens with zero attached hydrogens (tertiary/aromatic N) is 7. The minimum Gasteiger partial charge on any atom is -0.494 e. The molecule has 0 aliphatic carbocycles. The number of ketones is 1. The van der Waals surface area contributed by atoms with Crippen LogP contribution in [0.25, 0.3) is 16.5 Å². The largest absolute Gasteiger partial charge is 0.494 e. The number of piperidine rings is 1. The molecule has 42 heavy (non-hydrogen) atoms. The van der Waals surface area contributed by atoms with Gasteiger partial charge in [0.1, 0.15) is 31.1 Å². The number of Topliss-reactive ketones (excluding diaryl/α,β-unsaturated/α-hetero) is 1. The zero-order chi connectivity index (χ0) is 30.0. The maximum Gasteiger partial charge on any atom is 0.471 e. The van der Waals surface area contributed by atoms with E-state index < -0.39 is 26.2 Å². The summed E-state index contributed by atoms with van der Waals surface area (Å²) in [5, 5.41) is 11.4.